The molecule has 0 bridgehead atoms. The Kier molecular flexibility index (Phi) is 4.45. The van der Waals surface area contributed by atoms with E-state index in [9.17, 15) is 9.59 Å². The predicted molar refractivity (Wildman–Crippen MR) is 47.0 cm³/mol. The van der Waals surface area contributed by atoms with Crippen LogP contribution in [0.2, 0.25) is 0 Å². The van der Waals surface area contributed by atoms with Crippen molar-refractivity contribution in [2.75, 3.05) is 13.7 Å². The molecule has 76 valence electrons. The van der Waals surface area contributed by atoms with Crippen molar-refractivity contribution in [1.29, 1.82) is 0 Å². The van der Waals surface area contributed by atoms with Crippen LogP contribution >= 0.6 is 0 Å². The molecule has 0 amide bonds. The minimum absolute atomic E-state index is 0.0937. The molecule has 0 fully saturated rings. The number of ether oxygens (including phenoxy) is 2. The summed E-state index contributed by atoms with van der Waals surface area (Å²) >= 11 is 0. The van der Waals surface area contributed by atoms with Gasteiger partial charge >= 0.3 is 11.9 Å². The van der Waals surface area contributed by atoms with Gasteiger partial charge in [-0.2, -0.15) is 0 Å². The van der Waals surface area contributed by atoms with Gasteiger partial charge in [0.05, 0.1) is 13.7 Å². The van der Waals surface area contributed by atoms with Gasteiger partial charge in [0.2, 0.25) is 0 Å². The Hall–Kier alpha value is -1.06. The van der Waals surface area contributed by atoms with Crippen LogP contribution in [0.1, 0.15) is 27.2 Å². The van der Waals surface area contributed by atoms with Crippen molar-refractivity contribution in [1.82, 2.24) is 0 Å². The molecule has 0 N–H and O–H groups in total. The number of carbonyl (C=O) groups is 2. The summed E-state index contributed by atoms with van der Waals surface area (Å²) in [7, 11) is 1.15. The minimum atomic E-state index is -0.950. The zero-order valence-corrected chi connectivity index (χ0v) is 8.55. The van der Waals surface area contributed by atoms with Gasteiger partial charge in [-0.1, -0.05) is 20.8 Å². The molecule has 13 heavy (non-hydrogen) atoms. The van der Waals surface area contributed by atoms with E-state index in [0.717, 1.165) is 13.5 Å². The van der Waals surface area contributed by atoms with Crippen LogP contribution < -0.4 is 0 Å². The average molecular weight is 188 g/mol. The van der Waals surface area contributed by atoms with Gasteiger partial charge in [-0.15, -0.1) is 0 Å². The van der Waals surface area contributed by atoms with Gasteiger partial charge < -0.3 is 9.47 Å². The fourth-order valence-corrected chi connectivity index (χ4v) is 0.592. The summed E-state index contributed by atoms with van der Waals surface area (Å²) in [6, 6.07) is 0. The van der Waals surface area contributed by atoms with Gasteiger partial charge in [0, 0.05) is 0 Å². The molecular weight excluding hydrogens is 172 g/mol. The van der Waals surface area contributed by atoms with Crippen LogP contribution in [0.3, 0.4) is 0 Å². The van der Waals surface area contributed by atoms with Crippen LogP contribution in [0.5, 0.6) is 0 Å². The molecule has 0 aromatic rings. The maximum atomic E-state index is 10.8. The molecule has 0 aromatic heterocycles. The van der Waals surface area contributed by atoms with Crippen molar-refractivity contribution < 1.29 is 19.1 Å². The van der Waals surface area contributed by atoms with Crippen LogP contribution in [-0.2, 0) is 19.1 Å². The fraction of sp³-hybridized carbons (Fsp3) is 0.778. The fourth-order valence-electron chi connectivity index (χ4n) is 0.592. The summed E-state index contributed by atoms with van der Waals surface area (Å²) in [5.74, 6) is -1.87. The van der Waals surface area contributed by atoms with E-state index >= 15 is 0 Å². The zero-order chi connectivity index (χ0) is 10.5. The molecule has 0 rings (SSSR count). The molecular formula is C9H16O4. The van der Waals surface area contributed by atoms with E-state index in [2.05, 4.69) is 9.47 Å². The van der Waals surface area contributed by atoms with Crippen LogP contribution in [0.25, 0.3) is 0 Å². The van der Waals surface area contributed by atoms with E-state index < -0.39 is 11.9 Å². The first-order valence-corrected chi connectivity index (χ1v) is 4.12. The van der Waals surface area contributed by atoms with Crippen LogP contribution in [0.4, 0.5) is 0 Å². The van der Waals surface area contributed by atoms with Crippen molar-refractivity contribution >= 4 is 11.9 Å². The molecule has 0 saturated carbocycles. The van der Waals surface area contributed by atoms with Crippen molar-refractivity contribution in [2.24, 2.45) is 5.41 Å². The lowest BCUT2D eigenvalue weighted by atomic mass is 9.93. The summed E-state index contributed by atoms with van der Waals surface area (Å²) in [5.41, 5.74) is 0.0937. The SMILES string of the molecule is COC(=O)C(=O)OCCC(C)(C)C. The van der Waals surface area contributed by atoms with E-state index in [1.807, 2.05) is 20.8 Å². The first kappa shape index (κ1) is 11.9. The summed E-state index contributed by atoms with van der Waals surface area (Å²) in [4.78, 5) is 21.3. The van der Waals surface area contributed by atoms with E-state index in [0.29, 0.717) is 0 Å². The second-order valence-corrected chi connectivity index (χ2v) is 3.94. The van der Waals surface area contributed by atoms with Gasteiger partial charge in [-0.05, 0) is 11.8 Å². The first-order chi connectivity index (χ1) is 5.87. The average Bonchev–Trinajstić information content (AvgIpc) is 2.00. The van der Waals surface area contributed by atoms with Crippen LogP contribution in [0, 0.1) is 5.41 Å². The third kappa shape index (κ3) is 6.13. The van der Waals surface area contributed by atoms with Gasteiger partial charge in [-0.25, -0.2) is 9.59 Å². The second kappa shape index (κ2) is 4.84. The third-order valence-electron chi connectivity index (χ3n) is 1.44. The van der Waals surface area contributed by atoms with E-state index in [4.69, 9.17) is 0 Å². The molecule has 0 atom stereocenters. The van der Waals surface area contributed by atoms with Gasteiger partial charge in [0.1, 0.15) is 0 Å². The molecule has 0 spiro atoms. The highest BCUT2D eigenvalue weighted by Gasteiger charge is 2.17. The Bertz CT molecular complexity index is 190. The summed E-state index contributed by atoms with van der Waals surface area (Å²) < 4.78 is 8.84. The maximum Gasteiger partial charge on any atom is 0.417 e. The lowest BCUT2D eigenvalue weighted by Crippen LogP contribution is -2.21. The highest BCUT2D eigenvalue weighted by atomic mass is 16.6. The predicted octanol–water partition coefficient (Wildman–Crippen LogP) is 1.14. The Labute approximate surface area is 78.2 Å². The molecule has 0 heterocycles. The van der Waals surface area contributed by atoms with Gasteiger partial charge in [0.15, 0.2) is 0 Å². The highest BCUT2D eigenvalue weighted by Crippen LogP contribution is 2.17. The van der Waals surface area contributed by atoms with Gasteiger partial charge in [-0.3, -0.25) is 0 Å². The largest absolute Gasteiger partial charge is 0.461 e. The molecule has 0 saturated heterocycles. The van der Waals surface area contributed by atoms with Crippen LogP contribution in [-0.4, -0.2) is 25.7 Å². The molecule has 4 nitrogen and oxygen atoms in total. The van der Waals surface area contributed by atoms with Crippen molar-refractivity contribution in [3.8, 4) is 0 Å². The zero-order valence-electron chi connectivity index (χ0n) is 8.55. The maximum absolute atomic E-state index is 10.8. The third-order valence-corrected chi connectivity index (χ3v) is 1.44. The van der Waals surface area contributed by atoms with E-state index in [-0.39, 0.29) is 12.0 Å². The molecule has 0 aromatic carbocycles. The molecule has 0 unspecified atom stereocenters. The summed E-state index contributed by atoms with van der Waals surface area (Å²) in [5, 5.41) is 0. The minimum Gasteiger partial charge on any atom is -0.461 e. The number of methoxy groups -OCH3 is 1. The number of hydrogen-bond donors (Lipinski definition) is 0. The van der Waals surface area contributed by atoms with Crippen molar-refractivity contribution in [3.63, 3.8) is 0 Å². The molecule has 0 aliphatic carbocycles. The molecule has 0 radical (unpaired) electrons. The van der Waals surface area contributed by atoms with Crippen LogP contribution in [0.15, 0.2) is 0 Å². The number of rotatable bonds is 2. The molecule has 0 aliphatic heterocycles. The number of hydrogen-bond acceptors (Lipinski definition) is 4. The Morgan fingerprint density at radius 3 is 2.08 bits per heavy atom. The van der Waals surface area contributed by atoms with E-state index in [1.165, 1.54) is 0 Å². The van der Waals surface area contributed by atoms with E-state index in [1.54, 1.807) is 0 Å². The van der Waals surface area contributed by atoms with Crippen molar-refractivity contribution in [2.45, 2.75) is 27.2 Å². The Morgan fingerprint density at radius 2 is 1.69 bits per heavy atom. The quantitative estimate of drug-likeness (QED) is 0.481. The van der Waals surface area contributed by atoms with Gasteiger partial charge in [0.25, 0.3) is 0 Å². The Morgan fingerprint density at radius 1 is 1.15 bits per heavy atom. The normalized spacial score (nSPS) is 10.8. The number of carbonyl (C=O) groups excluding carboxylic acids is 2. The second-order valence-electron chi connectivity index (χ2n) is 3.94. The topological polar surface area (TPSA) is 52.6 Å². The first-order valence-electron chi connectivity index (χ1n) is 4.12. The Balaban J connectivity index is 3.66. The lowest BCUT2D eigenvalue weighted by molar-refractivity contribution is -0.166. The standard InChI is InChI=1S/C9H16O4/c1-9(2,3)5-6-13-8(11)7(10)12-4/h5-6H2,1-4H3. The summed E-state index contributed by atoms with van der Waals surface area (Å²) in [6.45, 7) is 6.33. The highest BCUT2D eigenvalue weighted by molar-refractivity contribution is 6.29. The number of esters is 2. The molecule has 0 aliphatic rings. The van der Waals surface area contributed by atoms with Crippen molar-refractivity contribution in [3.05, 3.63) is 0 Å². The smallest absolute Gasteiger partial charge is 0.417 e. The monoisotopic (exact) mass is 188 g/mol. The molecule has 4 heteroatoms. The lowest BCUT2D eigenvalue weighted by Gasteiger charge is -2.16. The summed E-state index contributed by atoms with van der Waals surface area (Å²) in [6.07, 6.45) is 0.718.